The van der Waals surface area contributed by atoms with Gasteiger partial charge in [-0.2, -0.15) is 0 Å². The summed E-state index contributed by atoms with van der Waals surface area (Å²) < 4.78 is 22.1. The quantitative estimate of drug-likeness (QED) is 0.468. The highest BCUT2D eigenvalue weighted by molar-refractivity contribution is 5.90. The van der Waals surface area contributed by atoms with Crippen LogP contribution in [0.4, 0.5) is 10.5 Å². The number of ether oxygens (including phenoxy) is 4. The van der Waals surface area contributed by atoms with E-state index in [-0.39, 0.29) is 24.1 Å². The maximum Gasteiger partial charge on any atom is 0.414 e. The van der Waals surface area contributed by atoms with Crippen molar-refractivity contribution in [3.8, 4) is 17.4 Å². The molecule has 0 bridgehead atoms. The van der Waals surface area contributed by atoms with E-state index < -0.39 is 0 Å². The molecule has 0 unspecified atom stereocenters. The van der Waals surface area contributed by atoms with Crippen LogP contribution in [0.15, 0.2) is 42.6 Å². The van der Waals surface area contributed by atoms with Gasteiger partial charge in [0, 0.05) is 31.3 Å². The number of methoxy groups -OCH3 is 1. The molecule has 2 aliphatic rings. The van der Waals surface area contributed by atoms with Crippen molar-refractivity contribution in [3.63, 3.8) is 0 Å². The van der Waals surface area contributed by atoms with Crippen LogP contribution in [0.1, 0.15) is 31.7 Å². The van der Waals surface area contributed by atoms with E-state index in [9.17, 15) is 9.59 Å². The Kier molecular flexibility index (Phi) is 7.25. The van der Waals surface area contributed by atoms with Crippen LogP contribution < -0.4 is 24.4 Å². The fourth-order valence-electron chi connectivity index (χ4n) is 4.75. The molecule has 0 radical (unpaired) electrons. The number of aromatic nitrogens is 2. The summed E-state index contributed by atoms with van der Waals surface area (Å²) in [5.74, 6) is 1.74. The van der Waals surface area contributed by atoms with Gasteiger partial charge in [-0.25, -0.2) is 9.78 Å². The molecule has 1 aromatic carbocycles. The van der Waals surface area contributed by atoms with E-state index in [1.54, 1.807) is 30.3 Å². The van der Waals surface area contributed by atoms with E-state index in [0.29, 0.717) is 68.5 Å². The first-order chi connectivity index (χ1) is 18.0. The summed E-state index contributed by atoms with van der Waals surface area (Å²) in [4.78, 5) is 35.1. The first-order valence-corrected chi connectivity index (χ1v) is 12.4. The molecule has 10 heteroatoms. The van der Waals surface area contributed by atoms with Gasteiger partial charge in [-0.1, -0.05) is 0 Å². The average Bonchev–Trinajstić information content (AvgIpc) is 3.29. The van der Waals surface area contributed by atoms with Crippen molar-refractivity contribution in [1.82, 2.24) is 15.3 Å². The summed E-state index contributed by atoms with van der Waals surface area (Å²) in [7, 11) is 1.59. The van der Waals surface area contributed by atoms with Crippen LogP contribution in [0.25, 0.3) is 11.0 Å². The number of rotatable bonds is 9. The lowest BCUT2D eigenvalue weighted by Crippen LogP contribution is -2.34. The molecule has 1 N–H and O–H groups in total. The third-order valence-corrected chi connectivity index (χ3v) is 6.57. The molecule has 0 aliphatic carbocycles. The first-order valence-electron chi connectivity index (χ1n) is 12.4. The average molecular weight is 507 g/mol. The minimum absolute atomic E-state index is 0.0756. The molecular formula is C27H30N4O6. The molecule has 1 fully saturated rings. The number of pyridine rings is 2. The summed E-state index contributed by atoms with van der Waals surface area (Å²) in [6.45, 7) is 2.94. The number of hydrogen-bond acceptors (Lipinski definition) is 8. The number of anilines is 1. The Labute approximate surface area is 214 Å². The number of fused-ring (bicyclic) bond motifs is 2. The maximum absolute atomic E-state index is 12.6. The predicted octanol–water partition coefficient (Wildman–Crippen LogP) is 3.65. The first kappa shape index (κ1) is 24.6. The number of benzene rings is 1. The van der Waals surface area contributed by atoms with Gasteiger partial charge >= 0.3 is 6.09 Å². The van der Waals surface area contributed by atoms with Crippen molar-refractivity contribution in [1.29, 1.82) is 0 Å². The Bertz CT molecular complexity index is 1300. The Morgan fingerprint density at radius 2 is 2.00 bits per heavy atom. The largest absolute Gasteiger partial charge is 0.486 e. The number of carbonyl (C=O) groups is 2. The van der Waals surface area contributed by atoms with Crippen molar-refractivity contribution >= 4 is 28.7 Å². The van der Waals surface area contributed by atoms with Gasteiger partial charge in [-0.05, 0) is 55.5 Å². The van der Waals surface area contributed by atoms with E-state index in [1.807, 2.05) is 24.3 Å². The molecule has 194 valence electrons. The number of hydrogen-bond donors (Lipinski definition) is 1. The van der Waals surface area contributed by atoms with Crippen LogP contribution in [-0.4, -0.2) is 61.0 Å². The highest BCUT2D eigenvalue weighted by atomic mass is 16.6. The second-order valence-corrected chi connectivity index (χ2v) is 9.15. The van der Waals surface area contributed by atoms with Gasteiger partial charge in [-0.15, -0.1) is 0 Å². The van der Waals surface area contributed by atoms with Gasteiger partial charge in [0.15, 0.2) is 11.5 Å². The number of cyclic esters (lactones) is 1. The lowest BCUT2D eigenvalue weighted by Gasteiger charge is -2.21. The molecule has 2 aliphatic heterocycles. The Hall–Kier alpha value is -4.08. The van der Waals surface area contributed by atoms with Crippen LogP contribution >= 0.6 is 0 Å². The van der Waals surface area contributed by atoms with Gasteiger partial charge < -0.3 is 24.3 Å². The maximum atomic E-state index is 12.6. The third-order valence-electron chi connectivity index (χ3n) is 6.57. The third kappa shape index (κ3) is 5.68. The smallest absolute Gasteiger partial charge is 0.414 e. The zero-order chi connectivity index (χ0) is 25.8. The van der Waals surface area contributed by atoms with Gasteiger partial charge in [0.1, 0.15) is 19.3 Å². The van der Waals surface area contributed by atoms with E-state index in [1.165, 1.54) is 6.92 Å². The van der Waals surface area contributed by atoms with Crippen LogP contribution in [0, 0.1) is 0 Å². The lowest BCUT2D eigenvalue weighted by molar-refractivity contribution is -0.119. The molecule has 2 aromatic heterocycles. The van der Waals surface area contributed by atoms with E-state index >= 15 is 0 Å². The zero-order valence-electron chi connectivity index (χ0n) is 20.9. The van der Waals surface area contributed by atoms with Crippen molar-refractivity contribution in [2.45, 2.75) is 44.8 Å². The van der Waals surface area contributed by atoms with Crippen LogP contribution in [0.5, 0.6) is 17.4 Å². The number of aryl methyl sites for hydroxylation is 1. The second-order valence-electron chi connectivity index (χ2n) is 9.15. The highest BCUT2D eigenvalue weighted by Gasteiger charge is 2.33. The predicted molar refractivity (Wildman–Crippen MR) is 136 cm³/mol. The van der Waals surface area contributed by atoms with Gasteiger partial charge in [-0.3, -0.25) is 14.7 Å². The van der Waals surface area contributed by atoms with Crippen LogP contribution in [-0.2, 0) is 16.0 Å². The molecule has 2 atom stereocenters. The summed E-state index contributed by atoms with van der Waals surface area (Å²) in [6, 6.07) is 11.0. The van der Waals surface area contributed by atoms with Crippen molar-refractivity contribution in [3.05, 3.63) is 48.2 Å². The van der Waals surface area contributed by atoms with E-state index in [4.69, 9.17) is 18.9 Å². The van der Waals surface area contributed by atoms with E-state index in [0.717, 1.165) is 16.6 Å². The molecule has 5 rings (SSSR count). The molecule has 37 heavy (non-hydrogen) atoms. The Balaban J connectivity index is 1.21. The lowest BCUT2D eigenvalue weighted by atomic mass is 9.99. The summed E-state index contributed by atoms with van der Waals surface area (Å²) in [5, 5.41) is 3.05. The molecule has 4 heterocycles. The topological polar surface area (TPSA) is 112 Å². The SMILES string of the molecule is COc1ccc2nccc(CC[C@H](CC[C@@H]3CN(c4ccc5c(c4)OCCO5)C(=O)O3)NC(C)=O)c2n1. The van der Waals surface area contributed by atoms with Crippen LogP contribution in [0.2, 0.25) is 0 Å². The summed E-state index contributed by atoms with van der Waals surface area (Å²) >= 11 is 0. The molecule has 10 nitrogen and oxygen atoms in total. The Morgan fingerprint density at radius 1 is 1.16 bits per heavy atom. The molecule has 1 saturated heterocycles. The van der Waals surface area contributed by atoms with Gasteiger partial charge in [0.25, 0.3) is 0 Å². The number of amides is 2. The number of nitrogens with zero attached hydrogens (tertiary/aromatic N) is 3. The fraction of sp³-hybridized carbons (Fsp3) is 0.407. The molecular weight excluding hydrogens is 476 g/mol. The minimum Gasteiger partial charge on any atom is -0.486 e. The standard InChI is InChI=1S/C27H30N4O6/c1-17(32)29-19(4-3-18-11-12-28-22-8-10-25(34-2)30-26(18)22)5-7-21-16-31(27(33)37-21)20-6-9-23-24(15-20)36-14-13-35-23/h6,8-12,15,19,21H,3-5,7,13-14,16H2,1-2H3,(H,29,32)/t19-,21-/m1/s1. The fourth-order valence-corrected chi connectivity index (χ4v) is 4.75. The highest BCUT2D eigenvalue weighted by Crippen LogP contribution is 2.35. The molecule has 2 amide bonds. The molecule has 3 aromatic rings. The van der Waals surface area contributed by atoms with Gasteiger partial charge in [0.2, 0.25) is 11.8 Å². The van der Waals surface area contributed by atoms with Crippen molar-refractivity contribution in [2.24, 2.45) is 0 Å². The number of nitrogens with one attached hydrogen (secondary N) is 1. The van der Waals surface area contributed by atoms with Crippen LogP contribution in [0.3, 0.4) is 0 Å². The zero-order valence-corrected chi connectivity index (χ0v) is 20.9. The van der Waals surface area contributed by atoms with E-state index in [2.05, 4.69) is 15.3 Å². The normalized spacial score (nSPS) is 17.4. The minimum atomic E-state index is -0.388. The molecule has 0 spiro atoms. The van der Waals surface area contributed by atoms with Gasteiger partial charge in [0.05, 0.1) is 30.4 Å². The van der Waals surface area contributed by atoms with Crippen molar-refractivity contribution in [2.75, 3.05) is 31.8 Å². The summed E-state index contributed by atoms with van der Waals surface area (Å²) in [5.41, 5.74) is 3.34. The summed E-state index contributed by atoms with van der Waals surface area (Å²) in [6.07, 6.45) is 3.82. The van der Waals surface area contributed by atoms with Crippen molar-refractivity contribution < 1.29 is 28.5 Å². The Morgan fingerprint density at radius 3 is 2.81 bits per heavy atom. The monoisotopic (exact) mass is 506 g/mol. The number of carbonyl (C=O) groups excluding carboxylic acids is 2. The molecule has 0 saturated carbocycles. The second kappa shape index (κ2) is 10.9.